The lowest BCUT2D eigenvalue weighted by Gasteiger charge is -2.28. The minimum atomic E-state index is -0.183. The first kappa shape index (κ1) is 17.3. The number of hydrogen-bond donors (Lipinski definition) is 1. The molecule has 6 nitrogen and oxygen atoms in total. The number of aryl methyl sites for hydroxylation is 2. The maximum Gasteiger partial charge on any atom is 0.256 e. The Kier molecular flexibility index (Phi) is 4.56. The van der Waals surface area contributed by atoms with Crippen LogP contribution in [-0.4, -0.2) is 40.4 Å². The van der Waals surface area contributed by atoms with Crippen LogP contribution in [0.5, 0.6) is 0 Å². The Hall–Kier alpha value is -2.15. The molecule has 4 rings (SSSR count). The van der Waals surface area contributed by atoms with Gasteiger partial charge in [0, 0.05) is 36.6 Å². The topological polar surface area (TPSA) is 69.3 Å². The van der Waals surface area contributed by atoms with Crippen molar-refractivity contribution < 1.29 is 4.79 Å². The molecule has 2 aromatic rings. The van der Waals surface area contributed by atoms with Crippen molar-refractivity contribution >= 4 is 23.2 Å². The van der Waals surface area contributed by atoms with E-state index in [0.29, 0.717) is 23.8 Å². The fourth-order valence-corrected chi connectivity index (χ4v) is 4.85. The highest BCUT2D eigenvalue weighted by Gasteiger charge is 2.25. The molecular weight excluding hydrogens is 348 g/mol. The van der Waals surface area contributed by atoms with Crippen molar-refractivity contribution in [3.8, 4) is 0 Å². The van der Waals surface area contributed by atoms with Gasteiger partial charge in [-0.1, -0.05) is 0 Å². The Morgan fingerprint density at radius 3 is 2.77 bits per heavy atom. The normalized spacial score (nSPS) is 16.8. The van der Waals surface area contributed by atoms with Gasteiger partial charge in [-0.15, -0.1) is 11.3 Å². The number of carbonyl (C=O) groups excluding carboxylic acids is 1. The van der Waals surface area contributed by atoms with Crippen LogP contribution in [0.25, 0.3) is 0 Å². The molecule has 2 aliphatic rings. The monoisotopic (exact) mass is 372 g/mol. The highest BCUT2D eigenvalue weighted by molar-refractivity contribution is 7.10. The zero-order valence-electron chi connectivity index (χ0n) is 15.3. The first-order valence-corrected chi connectivity index (χ1v) is 10.1. The molecule has 0 radical (unpaired) electrons. The smallest absolute Gasteiger partial charge is 0.256 e. The lowest BCUT2D eigenvalue weighted by atomic mass is 10.0. The summed E-state index contributed by atoms with van der Waals surface area (Å²) >= 11 is 1.78. The van der Waals surface area contributed by atoms with E-state index in [1.165, 1.54) is 16.0 Å². The summed E-state index contributed by atoms with van der Waals surface area (Å²) in [7, 11) is 0. The van der Waals surface area contributed by atoms with Gasteiger partial charge in [0.05, 0.1) is 12.1 Å². The predicted molar refractivity (Wildman–Crippen MR) is 103 cm³/mol. The van der Waals surface area contributed by atoms with Crippen molar-refractivity contribution in [2.24, 2.45) is 0 Å². The molecule has 0 spiro atoms. The van der Waals surface area contributed by atoms with Crippen molar-refractivity contribution in [2.75, 3.05) is 24.5 Å². The molecule has 0 atom stereocenters. The quantitative estimate of drug-likeness (QED) is 0.897. The molecule has 0 aliphatic carbocycles. The molecule has 1 saturated heterocycles. The van der Waals surface area contributed by atoms with E-state index >= 15 is 0 Å². The Balaban J connectivity index is 1.51. The molecule has 4 heterocycles. The van der Waals surface area contributed by atoms with Crippen LogP contribution in [0.1, 0.15) is 40.1 Å². The molecule has 7 heteroatoms. The number of fused-ring (bicyclic) bond motifs is 1. The Morgan fingerprint density at radius 1 is 1.27 bits per heavy atom. The zero-order chi connectivity index (χ0) is 18.3. The highest BCUT2D eigenvalue weighted by Crippen LogP contribution is 2.28. The summed E-state index contributed by atoms with van der Waals surface area (Å²) in [6.07, 6.45) is 3.28. The van der Waals surface area contributed by atoms with Crippen molar-refractivity contribution in [3.05, 3.63) is 43.0 Å². The van der Waals surface area contributed by atoms with Gasteiger partial charge in [-0.2, -0.15) is 0 Å². The number of rotatable bonds is 3. The number of thiophene rings is 1. The Labute approximate surface area is 156 Å². The molecule has 138 valence electrons. The second-order valence-electron chi connectivity index (χ2n) is 7.21. The number of nitrogens with one attached hydrogen (secondary N) is 1. The molecule has 0 saturated carbocycles. The highest BCUT2D eigenvalue weighted by atomic mass is 32.1. The molecule has 2 aromatic heterocycles. The van der Waals surface area contributed by atoms with Crippen LogP contribution < -0.4 is 10.5 Å². The number of aromatic amines is 1. The molecule has 2 aliphatic heterocycles. The van der Waals surface area contributed by atoms with Gasteiger partial charge in [-0.05, 0) is 49.6 Å². The molecule has 0 unspecified atom stereocenters. The van der Waals surface area contributed by atoms with Crippen LogP contribution in [0.2, 0.25) is 0 Å². The Bertz CT molecular complexity index is 895. The third-order valence-corrected chi connectivity index (χ3v) is 6.65. The van der Waals surface area contributed by atoms with Gasteiger partial charge in [-0.25, -0.2) is 4.98 Å². The number of amides is 1. The summed E-state index contributed by atoms with van der Waals surface area (Å²) in [5, 5.41) is 2.16. The number of anilines is 1. The maximum absolute atomic E-state index is 12.8. The lowest BCUT2D eigenvalue weighted by molar-refractivity contribution is -0.131. The van der Waals surface area contributed by atoms with E-state index in [0.717, 1.165) is 38.9 Å². The average Bonchev–Trinajstić information content (AvgIpc) is 3.28. The van der Waals surface area contributed by atoms with Crippen molar-refractivity contribution in [1.82, 2.24) is 14.9 Å². The second kappa shape index (κ2) is 6.87. The minimum Gasteiger partial charge on any atom is -0.342 e. The number of aromatic nitrogens is 2. The van der Waals surface area contributed by atoms with E-state index in [1.54, 1.807) is 11.3 Å². The predicted octanol–water partition coefficient (Wildman–Crippen LogP) is 2.18. The van der Waals surface area contributed by atoms with E-state index in [9.17, 15) is 9.59 Å². The summed E-state index contributed by atoms with van der Waals surface area (Å²) < 4.78 is 0. The van der Waals surface area contributed by atoms with E-state index in [-0.39, 0.29) is 17.9 Å². The summed E-state index contributed by atoms with van der Waals surface area (Å²) in [6, 6.07) is 0. The summed E-state index contributed by atoms with van der Waals surface area (Å²) in [4.78, 5) is 38.1. The van der Waals surface area contributed by atoms with Gasteiger partial charge in [0.2, 0.25) is 11.9 Å². The van der Waals surface area contributed by atoms with Gasteiger partial charge in [0.1, 0.15) is 0 Å². The molecule has 0 aromatic carbocycles. The third-order valence-electron chi connectivity index (χ3n) is 5.44. The maximum atomic E-state index is 12.8. The number of carbonyl (C=O) groups is 1. The standard InChI is InChI=1S/C19H24N4O2S/c1-12-11-26-16-5-8-23(10-15(12)16)17(24)9-14-13(2)20-19(21-18(14)25)22-6-3-4-7-22/h11H,3-10H2,1-2H3,(H,20,21,25). The number of nitrogens with zero attached hydrogens (tertiary/aromatic N) is 3. The molecule has 0 bridgehead atoms. The van der Waals surface area contributed by atoms with Gasteiger partial charge in [0.25, 0.3) is 5.56 Å². The largest absolute Gasteiger partial charge is 0.342 e. The van der Waals surface area contributed by atoms with Gasteiger partial charge in [-0.3, -0.25) is 14.6 Å². The molecule has 1 fully saturated rings. The molecule has 1 amide bonds. The van der Waals surface area contributed by atoms with Crippen molar-refractivity contribution in [1.29, 1.82) is 0 Å². The zero-order valence-corrected chi connectivity index (χ0v) is 16.1. The van der Waals surface area contributed by atoms with Crippen LogP contribution in [0, 0.1) is 13.8 Å². The van der Waals surface area contributed by atoms with Crippen LogP contribution in [-0.2, 0) is 24.2 Å². The fraction of sp³-hybridized carbons (Fsp3) is 0.526. The summed E-state index contributed by atoms with van der Waals surface area (Å²) in [6.45, 7) is 7.16. The summed E-state index contributed by atoms with van der Waals surface area (Å²) in [5.41, 5.74) is 3.51. The molecule has 26 heavy (non-hydrogen) atoms. The first-order chi connectivity index (χ1) is 12.5. The van der Waals surface area contributed by atoms with E-state index in [4.69, 9.17) is 0 Å². The fourth-order valence-electron chi connectivity index (χ4n) is 3.81. The third kappa shape index (κ3) is 3.16. The van der Waals surface area contributed by atoms with E-state index < -0.39 is 0 Å². The van der Waals surface area contributed by atoms with Crippen molar-refractivity contribution in [3.63, 3.8) is 0 Å². The molecular formula is C19H24N4O2S. The van der Waals surface area contributed by atoms with E-state index in [2.05, 4.69) is 27.2 Å². The van der Waals surface area contributed by atoms with Gasteiger partial charge >= 0.3 is 0 Å². The van der Waals surface area contributed by atoms with Gasteiger partial charge < -0.3 is 9.80 Å². The average molecular weight is 372 g/mol. The van der Waals surface area contributed by atoms with E-state index in [1.807, 2.05) is 11.8 Å². The van der Waals surface area contributed by atoms with Gasteiger partial charge in [0.15, 0.2) is 0 Å². The van der Waals surface area contributed by atoms with Crippen molar-refractivity contribution in [2.45, 2.75) is 46.1 Å². The number of H-pyrrole nitrogens is 1. The minimum absolute atomic E-state index is 0.00516. The second-order valence-corrected chi connectivity index (χ2v) is 8.17. The van der Waals surface area contributed by atoms with Crippen LogP contribution in [0.4, 0.5) is 5.95 Å². The lowest BCUT2D eigenvalue weighted by Crippen LogP contribution is -2.38. The Morgan fingerprint density at radius 2 is 2.04 bits per heavy atom. The summed E-state index contributed by atoms with van der Waals surface area (Å²) in [5.74, 6) is 0.642. The SMILES string of the molecule is Cc1csc2c1CN(C(=O)Cc1c(C)nc(N3CCCC3)[nH]c1=O)CC2. The number of hydrogen-bond acceptors (Lipinski definition) is 5. The molecule has 1 N–H and O–H groups in total. The van der Waals surface area contributed by atoms with Crippen LogP contribution in [0.15, 0.2) is 10.2 Å². The van der Waals surface area contributed by atoms with Crippen LogP contribution in [0.3, 0.4) is 0 Å². The first-order valence-electron chi connectivity index (χ1n) is 9.21. The van der Waals surface area contributed by atoms with Crippen LogP contribution >= 0.6 is 11.3 Å².